The van der Waals surface area contributed by atoms with Crippen LogP contribution in [0.5, 0.6) is 0 Å². The Morgan fingerprint density at radius 2 is 1.91 bits per heavy atom. The first-order chi connectivity index (χ1) is 10.7. The van der Waals surface area contributed by atoms with Crippen molar-refractivity contribution in [3.8, 4) is 0 Å². The number of piperidine rings is 1. The number of ether oxygens (including phenoxy) is 1. The maximum atomic E-state index is 13.5. The number of carbonyl (C=O) groups is 1. The molecule has 1 unspecified atom stereocenters. The summed E-state index contributed by atoms with van der Waals surface area (Å²) in [5.41, 5.74) is -1.02. The van der Waals surface area contributed by atoms with Gasteiger partial charge in [-0.15, -0.1) is 0 Å². The van der Waals surface area contributed by atoms with Crippen molar-refractivity contribution < 1.29 is 19.0 Å². The van der Waals surface area contributed by atoms with Crippen LogP contribution in [0, 0.1) is 5.82 Å². The third kappa shape index (κ3) is 3.20. The monoisotopic (exact) mass is 321 g/mol. The van der Waals surface area contributed by atoms with Crippen molar-refractivity contribution in [3.05, 3.63) is 35.6 Å². The summed E-state index contributed by atoms with van der Waals surface area (Å²) in [5, 5.41) is 11.0. The number of halogens is 1. The van der Waals surface area contributed by atoms with Crippen LogP contribution in [0.1, 0.15) is 52.0 Å². The molecular formula is C18H24FNO3. The minimum atomic E-state index is -1.08. The number of rotatable bonds is 1. The Hall–Kier alpha value is -1.62. The normalized spacial score (nSPS) is 30.4. The smallest absolute Gasteiger partial charge is 0.410 e. The molecule has 3 rings (SSSR count). The van der Waals surface area contributed by atoms with Crippen molar-refractivity contribution in [2.24, 2.45) is 0 Å². The van der Waals surface area contributed by atoms with Gasteiger partial charge in [-0.05, 0) is 51.3 Å². The summed E-state index contributed by atoms with van der Waals surface area (Å²) >= 11 is 0. The summed E-state index contributed by atoms with van der Waals surface area (Å²) in [5.74, 6) is -0.349. The van der Waals surface area contributed by atoms with Crippen molar-refractivity contribution in [1.82, 2.24) is 4.90 Å². The Labute approximate surface area is 136 Å². The van der Waals surface area contributed by atoms with Crippen LogP contribution in [0.2, 0.25) is 0 Å². The van der Waals surface area contributed by atoms with Crippen molar-refractivity contribution >= 4 is 6.09 Å². The Balaban J connectivity index is 1.80. The average molecular weight is 321 g/mol. The molecule has 1 N–H and O–H groups in total. The predicted octanol–water partition coefficient (Wildman–Crippen LogP) is 3.58. The zero-order valence-corrected chi connectivity index (χ0v) is 13.9. The zero-order chi connectivity index (χ0) is 16.8. The van der Waals surface area contributed by atoms with Crippen LogP contribution >= 0.6 is 0 Å². The number of amides is 1. The molecule has 2 heterocycles. The van der Waals surface area contributed by atoms with Gasteiger partial charge in [-0.2, -0.15) is 0 Å². The van der Waals surface area contributed by atoms with E-state index in [-0.39, 0.29) is 24.0 Å². The van der Waals surface area contributed by atoms with Gasteiger partial charge in [0.15, 0.2) is 0 Å². The van der Waals surface area contributed by atoms with Gasteiger partial charge in [-0.3, -0.25) is 0 Å². The lowest BCUT2D eigenvalue weighted by atomic mass is 9.80. The van der Waals surface area contributed by atoms with Gasteiger partial charge in [0.1, 0.15) is 11.4 Å². The maximum absolute atomic E-state index is 13.5. The molecule has 2 fully saturated rings. The topological polar surface area (TPSA) is 49.8 Å². The van der Waals surface area contributed by atoms with E-state index in [0.29, 0.717) is 18.4 Å². The van der Waals surface area contributed by atoms with E-state index in [2.05, 4.69) is 0 Å². The molecular weight excluding hydrogens is 297 g/mol. The summed E-state index contributed by atoms with van der Waals surface area (Å²) in [6.07, 6.45) is 2.23. The van der Waals surface area contributed by atoms with E-state index in [9.17, 15) is 14.3 Å². The molecule has 1 amide bonds. The first kappa shape index (κ1) is 16.2. The Kier molecular flexibility index (Phi) is 3.87. The predicted molar refractivity (Wildman–Crippen MR) is 84.4 cm³/mol. The quantitative estimate of drug-likeness (QED) is 0.860. The number of nitrogens with zero attached hydrogens (tertiary/aromatic N) is 1. The average Bonchev–Trinajstić information content (AvgIpc) is 2.70. The molecule has 0 radical (unpaired) electrons. The highest BCUT2D eigenvalue weighted by Crippen LogP contribution is 2.46. The first-order valence-corrected chi connectivity index (χ1v) is 8.18. The number of fused-ring (bicyclic) bond motifs is 2. The van der Waals surface area contributed by atoms with E-state index in [1.165, 1.54) is 12.1 Å². The third-order valence-electron chi connectivity index (χ3n) is 4.73. The molecule has 0 saturated carbocycles. The van der Waals surface area contributed by atoms with Crippen molar-refractivity contribution in [2.45, 2.75) is 69.7 Å². The molecule has 126 valence electrons. The van der Waals surface area contributed by atoms with Gasteiger partial charge >= 0.3 is 6.09 Å². The third-order valence-corrected chi connectivity index (χ3v) is 4.73. The van der Waals surface area contributed by atoms with Crippen LogP contribution in [0.15, 0.2) is 24.3 Å². The fourth-order valence-corrected chi connectivity index (χ4v) is 3.85. The molecule has 1 aromatic rings. The molecule has 4 nitrogen and oxygen atoms in total. The summed E-state index contributed by atoms with van der Waals surface area (Å²) in [6.45, 7) is 5.54. The van der Waals surface area contributed by atoms with Gasteiger partial charge in [-0.25, -0.2) is 9.18 Å². The fraction of sp³-hybridized carbons (Fsp3) is 0.611. The molecule has 0 aromatic heterocycles. The van der Waals surface area contributed by atoms with Gasteiger partial charge in [0, 0.05) is 24.9 Å². The van der Waals surface area contributed by atoms with E-state index in [0.717, 1.165) is 12.8 Å². The Morgan fingerprint density at radius 3 is 2.43 bits per heavy atom. The van der Waals surface area contributed by atoms with Gasteiger partial charge in [0.05, 0.1) is 5.60 Å². The number of hydrogen-bond donors (Lipinski definition) is 1. The number of hydrogen-bond acceptors (Lipinski definition) is 3. The van der Waals surface area contributed by atoms with Crippen LogP contribution in [0.3, 0.4) is 0 Å². The lowest BCUT2D eigenvalue weighted by Crippen LogP contribution is -2.53. The molecule has 2 saturated heterocycles. The standard InChI is InChI=1S/C18H24FNO3/c1-17(2,3)23-16(21)20-14-7-8-15(20)11-18(22,10-14)12-5-4-6-13(19)9-12/h4-6,9,14-15,22H,7-8,10-11H2,1-3H3/t14-,15+,18?. The lowest BCUT2D eigenvalue weighted by molar-refractivity contribution is -0.0625. The van der Waals surface area contributed by atoms with Gasteiger partial charge in [0.25, 0.3) is 0 Å². The van der Waals surface area contributed by atoms with Crippen molar-refractivity contribution in [1.29, 1.82) is 0 Å². The van der Waals surface area contributed by atoms with Crippen LogP contribution in [-0.2, 0) is 10.3 Å². The molecule has 1 aromatic carbocycles. The van der Waals surface area contributed by atoms with E-state index >= 15 is 0 Å². The molecule has 0 spiro atoms. The number of carbonyl (C=O) groups excluding carboxylic acids is 1. The summed E-state index contributed by atoms with van der Waals surface area (Å²) in [4.78, 5) is 14.2. The highest BCUT2D eigenvalue weighted by Gasteiger charge is 2.51. The van der Waals surface area contributed by atoms with Crippen molar-refractivity contribution in [2.75, 3.05) is 0 Å². The zero-order valence-electron chi connectivity index (χ0n) is 13.9. The second-order valence-electron chi connectivity index (χ2n) is 7.72. The molecule has 3 atom stereocenters. The van der Waals surface area contributed by atoms with E-state index in [1.807, 2.05) is 20.8 Å². The summed E-state index contributed by atoms with van der Waals surface area (Å²) in [6, 6.07) is 6.02. The van der Waals surface area contributed by atoms with Crippen LogP contribution < -0.4 is 0 Å². The van der Waals surface area contributed by atoms with E-state index < -0.39 is 11.2 Å². The molecule has 2 aliphatic heterocycles. The molecule has 2 bridgehead atoms. The second kappa shape index (κ2) is 5.48. The highest BCUT2D eigenvalue weighted by atomic mass is 19.1. The summed E-state index contributed by atoms with van der Waals surface area (Å²) < 4.78 is 19.0. The summed E-state index contributed by atoms with van der Waals surface area (Å²) in [7, 11) is 0. The second-order valence-corrected chi connectivity index (χ2v) is 7.72. The Morgan fingerprint density at radius 1 is 1.30 bits per heavy atom. The Bertz CT molecular complexity index is 597. The van der Waals surface area contributed by atoms with Gasteiger partial charge in [0.2, 0.25) is 0 Å². The largest absolute Gasteiger partial charge is 0.444 e. The van der Waals surface area contributed by atoms with E-state index in [4.69, 9.17) is 4.74 Å². The highest BCUT2D eigenvalue weighted by molar-refractivity contribution is 5.69. The number of aliphatic hydroxyl groups is 1. The molecule has 2 aliphatic rings. The van der Waals surface area contributed by atoms with Gasteiger partial charge < -0.3 is 14.7 Å². The SMILES string of the molecule is CC(C)(C)OC(=O)N1[C@@H]2CC[C@H]1CC(O)(c1cccc(F)c1)C2. The molecule has 5 heteroatoms. The van der Waals surface area contributed by atoms with Gasteiger partial charge in [-0.1, -0.05) is 12.1 Å². The molecule has 0 aliphatic carbocycles. The maximum Gasteiger partial charge on any atom is 0.410 e. The lowest BCUT2D eigenvalue weighted by Gasteiger charge is -2.44. The van der Waals surface area contributed by atoms with E-state index in [1.54, 1.807) is 17.0 Å². The minimum absolute atomic E-state index is 0.0585. The minimum Gasteiger partial charge on any atom is -0.444 e. The van der Waals surface area contributed by atoms with Crippen LogP contribution in [0.4, 0.5) is 9.18 Å². The van der Waals surface area contributed by atoms with Crippen LogP contribution in [-0.4, -0.2) is 33.8 Å². The van der Waals surface area contributed by atoms with Crippen molar-refractivity contribution in [3.63, 3.8) is 0 Å². The number of benzene rings is 1. The fourth-order valence-electron chi connectivity index (χ4n) is 3.85. The van der Waals surface area contributed by atoms with Crippen LogP contribution in [0.25, 0.3) is 0 Å². The first-order valence-electron chi connectivity index (χ1n) is 8.18. The molecule has 23 heavy (non-hydrogen) atoms.